The number of nitrogens with zero attached hydrogens (tertiary/aromatic N) is 1. The van der Waals surface area contributed by atoms with E-state index in [1.165, 1.54) is 6.92 Å². The summed E-state index contributed by atoms with van der Waals surface area (Å²) in [6, 6.07) is 8.44. The fraction of sp³-hybridized carbons (Fsp3) is 0.125. The van der Waals surface area contributed by atoms with Gasteiger partial charge in [0.25, 0.3) is 0 Å². The van der Waals surface area contributed by atoms with Crippen molar-refractivity contribution in [3.8, 4) is 0 Å². The Bertz CT molecular complexity index is 342. The van der Waals surface area contributed by atoms with Gasteiger partial charge in [-0.3, -0.25) is 9.00 Å². The van der Waals surface area contributed by atoms with Crippen LogP contribution in [-0.4, -0.2) is 14.7 Å². The van der Waals surface area contributed by atoms with E-state index in [1.54, 1.807) is 30.3 Å². The number of carbonyl (C=O) groups excluding carboxylic acids is 1. The van der Waals surface area contributed by atoms with E-state index >= 15 is 0 Å². The molecule has 0 bridgehead atoms. The van der Waals surface area contributed by atoms with Crippen LogP contribution < -0.4 is 9.84 Å². The second-order valence-corrected chi connectivity index (χ2v) is 3.17. The van der Waals surface area contributed by atoms with Crippen LogP contribution in [0.25, 0.3) is 0 Å². The molecule has 0 aromatic heterocycles. The Morgan fingerprint density at radius 3 is 2.43 bits per heavy atom. The number of amides is 1. The Morgan fingerprint density at radius 2 is 2.00 bits per heavy atom. The first kappa shape index (κ1) is 10.8. The highest BCUT2D eigenvalue weighted by molar-refractivity contribution is 7.77. The largest absolute Gasteiger partial charge is 0.759 e. The Morgan fingerprint density at radius 1 is 1.43 bits per heavy atom. The highest BCUT2D eigenvalue weighted by Gasteiger charge is 2.09. The van der Waals surface area contributed by atoms with Crippen molar-refractivity contribution >= 4 is 22.9 Å². The average Bonchev–Trinajstić information content (AvgIpc) is 2.15. The Balaban J connectivity index is 2.89. The molecule has 1 unspecified atom stereocenters. The van der Waals surface area contributed by atoms with Crippen molar-refractivity contribution < 1.29 is 13.6 Å². The molecule has 0 aliphatic carbocycles. The summed E-state index contributed by atoms with van der Waals surface area (Å²) in [5, 5.41) is 0.948. The summed E-state index contributed by atoms with van der Waals surface area (Å²) in [5.41, 5.74) is 0.476. The molecule has 6 heteroatoms. The number of benzene rings is 1. The molecule has 0 spiro atoms. The van der Waals surface area contributed by atoms with Gasteiger partial charge in [-0.15, -0.1) is 0 Å². The van der Waals surface area contributed by atoms with E-state index in [2.05, 4.69) is 0 Å². The molecule has 0 radical (unpaired) electrons. The third-order valence-corrected chi connectivity index (χ3v) is 1.83. The predicted octanol–water partition coefficient (Wildman–Crippen LogP) is 0.338. The summed E-state index contributed by atoms with van der Waals surface area (Å²) in [5.74, 6) is -0.402. The maximum atomic E-state index is 11.1. The first-order valence-corrected chi connectivity index (χ1v) is 4.90. The molecule has 0 saturated carbocycles. The molecule has 1 rings (SSSR count). The first-order chi connectivity index (χ1) is 6.61. The molecule has 0 fully saturated rings. The molecule has 0 aliphatic heterocycles. The SMILES string of the molecule is CC(=O)N(NS(=O)[O-])c1ccccc1. The topological polar surface area (TPSA) is 72.5 Å². The lowest BCUT2D eigenvalue weighted by Crippen LogP contribution is -2.42. The van der Waals surface area contributed by atoms with Gasteiger partial charge in [-0.25, -0.2) is 5.01 Å². The standard InChI is InChI=1S/C8H10N2O3S/c1-7(11)10(9-14(12)13)8-5-3-2-4-6-8/h2-6,9H,1H3,(H,12,13)/p-1. The molecule has 0 saturated heterocycles. The van der Waals surface area contributed by atoms with Crippen LogP contribution in [0.3, 0.4) is 0 Å². The van der Waals surface area contributed by atoms with Crippen LogP contribution in [0.2, 0.25) is 0 Å². The van der Waals surface area contributed by atoms with E-state index in [0.29, 0.717) is 5.69 Å². The van der Waals surface area contributed by atoms with Crippen molar-refractivity contribution in [2.24, 2.45) is 0 Å². The third kappa shape index (κ3) is 2.91. The second-order valence-electron chi connectivity index (χ2n) is 2.52. The van der Waals surface area contributed by atoms with E-state index in [9.17, 15) is 13.6 Å². The molecule has 5 nitrogen and oxygen atoms in total. The Kier molecular flexibility index (Phi) is 3.75. The molecule has 0 aliphatic rings. The lowest BCUT2D eigenvalue weighted by atomic mass is 10.3. The van der Waals surface area contributed by atoms with Crippen molar-refractivity contribution in [2.75, 3.05) is 5.01 Å². The van der Waals surface area contributed by atoms with Crippen molar-refractivity contribution in [1.29, 1.82) is 0 Å². The van der Waals surface area contributed by atoms with Gasteiger partial charge in [-0.05, 0) is 12.1 Å². The molecule has 76 valence electrons. The number of hydrazine groups is 1. The molecule has 1 atom stereocenters. The predicted molar refractivity (Wildman–Crippen MR) is 51.7 cm³/mol. The Labute approximate surface area is 84.1 Å². The fourth-order valence-corrected chi connectivity index (χ4v) is 1.33. The normalized spacial score (nSPS) is 12.1. The highest BCUT2D eigenvalue weighted by Crippen LogP contribution is 2.10. The monoisotopic (exact) mass is 213 g/mol. The Hall–Kier alpha value is -1.24. The number of para-hydroxylation sites is 1. The zero-order valence-electron chi connectivity index (χ0n) is 7.47. The van der Waals surface area contributed by atoms with Crippen molar-refractivity contribution in [3.63, 3.8) is 0 Å². The fourth-order valence-electron chi connectivity index (χ4n) is 0.950. The maximum absolute atomic E-state index is 11.1. The van der Waals surface area contributed by atoms with Gasteiger partial charge in [0, 0.05) is 18.2 Å². The van der Waals surface area contributed by atoms with E-state index in [-0.39, 0.29) is 0 Å². The first-order valence-electron chi connectivity index (χ1n) is 3.82. The molecule has 1 N–H and O–H groups in total. The van der Waals surface area contributed by atoms with Crippen LogP contribution in [0.5, 0.6) is 0 Å². The smallest absolute Gasteiger partial charge is 0.239 e. The molecular weight excluding hydrogens is 204 g/mol. The zero-order valence-corrected chi connectivity index (χ0v) is 8.28. The van der Waals surface area contributed by atoms with Gasteiger partial charge >= 0.3 is 0 Å². The summed E-state index contributed by atoms with van der Waals surface area (Å²) in [4.78, 5) is 13.1. The molecule has 1 aromatic carbocycles. The summed E-state index contributed by atoms with van der Waals surface area (Å²) >= 11 is -2.51. The second kappa shape index (κ2) is 4.85. The highest BCUT2D eigenvalue weighted by atomic mass is 32.2. The average molecular weight is 213 g/mol. The molecule has 14 heavy (non-hydrogen) atoms. The molecule has 0 heterocycles. The van der Waals surface area contributed by atoms with E-state index < -0.39 is 17.2 Å². The number of hydrogen-bond donors (Lipinski definition) is 1. The summed E-state index contributed by atoms with van der Waals surface area (Å²) < 4.78 is 20.8. The van der Waals surface area contributed by atoms with Gasteiger partial charge in [0.2, 0.25) is 5.91 Å². The minimum absolute atomic E-state index is 0.402. The van der Waals surface area contributed by atoms with Gasteiger partial charge in [0.1, 0.15) is 0 Å². The molecule has 1 aromatic rings. The van der Waals surface area contributed by atoms with Gasteiger partial charge in [0.05, 0.1) is 5.69 Å². The van der Waals surface area contributed by atoms with Crippen molar-refractivity contribution in [1.82, 2.24) is 4.83 Å². The van der Waals surface area contributed by atoms with Crippen molar-refractivity contribution in [3.05, 3.63) is 30.3 Å². The van der Waals surface area contributed by atoms with Crippen molar-refractivity contribution in [2.45, 2.75) is 6.92 Å². The number of anilines is 1. The van der Waals surface area contributed by atoms with Gasteiger partial charge in [-0.2, -0.15) is 4.83 Å². The maximum Gasteiger partial charge on any atom is 0.239 e. The minimum Gasteiger partial charge on any atom is -0.759 e. The van der Waals surface area contributed by atoms with Gasteiger partial charge in [0.15, 0.2) is 0 Å². The van der Waals surface area contributed by atoms with Crippen LogP contribution in [0.15, 0.2) is 30.3 Å². The van der Waals surface area contributed by atoms with Crippen LogP contribution in [-0.2, 0) is 16.1 Å². The summed E-state index contributed by atoms with van der Waals surface area (Å²) in [6.45, 7) is 1.27. The van der Waals surface area contributed by atoms with Crippen LogP contribution >= 0.6 is 0 Å². The van der Waals surface area contributed by atoms with Gasteiger partial charge < -0.3 is 4.55 Å². The number of carbonyl (C=O) groups is 1. The molecule has 1 amide bonds. The lowest BCUT2D eigenvalue weighted by molar-refractivity contribution is -0.116. The molecular formula is C8H9N2O3S-. The van der Waals surface area contributed by atoms with Crippen LogP contribution in [0.4, 0.5) is 5.69 Å². The van der Waals surface area contributed by atoms with E-state index in [4.69, 9.17) is 0 Å². The van der Waals surface area contributed by atoms with E-state index in [0.717, 1.165) is 5.01 Å². The summed E-state index contributed by atoms with van der Waals surface area (Å²) in [6.07, 6.45) is 0. The van der Waals surface area contributed by atoms with E-state index in [1.807, 2.05) is 4.83 Å². The summed E-state index contributed by atoms with van der Waals surface area (Å²) in [7, 11) is 0. The van der Waals surface area contributed by atoms with Crippen LogP contribution in [0.1, 0.15) is 6.92 Å². The number of rotatable bonds is 3. The van der Waals surface area contributed by atoms with Gasteiger partial charge in [-0.1, -0.05) is 18.2 Å². The quantitative estimate of drug-likeness (QED) is 0.581. The van der Waals surface area contributed by atoms with Crippen LogP contribution in [0, 0.1) is 0 Å². The zero-order chi connectivity index (χ0) is 10.6. The minimum atomic E-state index is -2.51. The number of hydrogen-bond acceptors (Lipinski definition) is 3. The number of nitrogens with one attached hydrogen (secondary N) is 1. The third-order valence-electron chi connectivity index (χ3n) is 1.50. The lowest BCUT2D eigenvalue weighted by Gasteiger charge is -2.22.